The Bertz CT molecular complexity index is 904. The van der Waals surface area contributed by atoms with E-state index in [0.29, 0.717) is 19.4 Å². The molecule has 0 aromatic heterocycles. The SMILES string of the molecule is CCCCC/C=C\CCCCCCCC(=O)OCCCCCCCCCCCCCCCCCC(=O)NC(CO)C(O)/C=C/CCCCCCCCCCCCCC. The second-order valence-electron chi connectivity index (χ2n) is 17.5. The summed E-state index contributed by atoms with van der Waals surface area (Å²) in [5, 5.41) is 23.0. The lowest BCUT2D eigenvalue weighted by atomic mass is 10.0. The average molecular weight is 818 g/mol. The molecule has 0 radical (unpaired) electrons. The zero-order valence-corrected chi connectivity index (χ0v) is 38.8. The highest BCUT2D eigenvalue weighted by Gasteiger charge is 2.18. The Labute approximate surface area is 361 Å². The summed E-state index contributed by atoms with van der Waals surface area (Å²) in [6.45, 7) is 4.85. The van der Waals surface area contributed by atoms with Gasteiger partial charge in [-0.2, -0.15) is 0 Å². The minimum atomic E-state index is -0.849. The molecule has 0 spiro atoms. The molecule has 2 unspecified atom stereocenters. The third kappa shape index (κ3) is 43.9. The number of esters is 1. The van der Waals surface area contributed by atoms with Crippen LogP contribution >= 0.6 is 0 Å². The fourth-order valence-electron chi connectivity index (χ4n) is 7.74. The highest BCUT2D eigenvalue weighted by molar-refractivity contribution is 5.76. The van der Waals surface area contributed by atoms with Crippen LogP contribution in [-0.2, 0) is 14.3 Å². The van der Waals surface area contributed by atoms with Crippen LogP contribution in [0.3, 0.4) is 0 Å². The maximum atomic E-state index is 12.4. The predicted molar refractivity (Wildman–Crippen MR) is 250 cm³/mol. The van der Waals surface area contributed by atoms with Crippen LogP contribution in [-0.4, -0.2) is 47.4 Å². The Balaban J connectivity index is 3.47. The molecule has 0 aliphatic rings. The highest BCUT2D eigenvalue weighted by Crippen LogP contribution is 2.16. The van der Waals surface area contributed by atoms with Gasteiger partial charge in [-0.25, -0.2) is 0 Å². The van der Waals surface area contributed by atoms with Gasteiger partial charge in [-0.1, -0.05) is 224 Å². The van der Waals surface area contributed by atoms with Gasteiger partial charge in [0.25, 0.3) is 0 Å². The summed E-state index contributed by atoms with van der Waals surface area (Å²) in [6, 6.07) is -0.633. The van der Waals surface area contributed by atoms with Crippen molar-refractivity contribution in [2.24, 2.45) is 0 Å². The second kappa shape index (κ2) is 48.0. The molecule has 6 nitrogen and oxygen atoms in total. The van der Waals surface area contributed by atoms with Crippen molar-refractivity contribution in [3.63, 3.8) is 0 Å². The minimum absolute atomic E-state index is 0.0109. The topological polar surface area (TPSA) is 95.9 Å². The van der Waals surface area contributed by atoms with Crippen molar-refractivity contribution in [2.75, 3.05) is 13.2 Å². The molecule has 342 valence electrons. The van der Waals surface area contributed by atoms with Crippen LogP contribution in [0.5, 0.6) is 0 Å². The lowest BCUT2D eigenvalue weighted by Gasteiger charge is -2.20. The van der Waals surface area contributed by atoms with Gasteiger partial charge in [-0.15, -0.1) is 0 Å². The quantitative estimate of drug-likeness (QED) is 0.0323. The molecule has 0 fully saturated rings. The molecule has 3 N–H and O–H groups in total. The molecule has 0 aliphatic carbocycles. The molecule has 1 amide bonds. The molecule has 0 aromatic carbocycles. The molecule has 58 heavy (non-hydrogen) atoms. The number of ether oxygens (including phenoxy) is 1. The Hall–Kier alpha value is -1.66. The molecular weight excluding hydrogens is 719 g/mol. The number of aliphatic hydroxyl groups excluding tert-OH is 2. The first-order valence-electron chi connectivity index (χ1n) is 25.6. The van der Waals surface area contributed by atoms with E-state index >= 15 is 0 Å². The van der Waals surface area contributed by atoms with Crippen LogP contribution in [0.25, 0.3) is 0 Å². The molecule has 0 heterocycles. The zero-order chi connectivity index (χ0) is 42.3. The molecular formula is C52H99NO5. The predicted octanol–water partition coefficient (Wildman–Crippen LogP) is 15.1. The lowest BCUT2D eigenvalue weighted by molar-refractivity contribution is -0.143. The smallest absolute Gasteiger partial charge is 0.305 e. The Kier molecular flexibility index (Phi) is 46.6. The number of unbranched alkanes of at least 4 members (excludes halogenated alkanes) is 34. The number of allylic oxidation sites excluding steroid dienone is 3. The van der Waals surface area contributed by atoms with Gasteiger partial charge in [-0.05, 0) is 57.8 Å². The molecule has 2 atom stereocenters. The molecule has 0 saturated heterocycles. The minimum Gasteiger partial charge on any atom is -0.466 e. The van der Waals surface area contributed by atoms with Crippen molar-refractivity contribution in [3.8, 4) is 0 Å². The largest absolute Gasteiger partial charge is 0.466 e. The van der Waals surface area contributed by atoms with Crippen LogP contribution in [0.1, 0.15) is 271 Å². The molecule has 0 rings (SSSR count). The van der Waals surface area contributed by atoms with Crippen LogP contribution in [0.4, 0.5) is 0 Å². The fraction of sp³-hybridized carbons (Fsp3) is 0.885. The number of hydrogen-bond donors (Lipinski definition) is 3. The van der Waals surface area contributed by atoms with E-state index in [-0.39, 0.29) is 18.5 Å². The zero-order valence-electron chi connectivity index (χ0n) is 38.8. The van der Waals surface area contributed by atoms with E-state index in [4.69, 9.17) is 4.74 Å². The van der Waals surface area contributed by atoms with Crippen molar-refractivity contribution in [2.45, 2.75) is 283 Å². The van der Waals surface area contributed by atoms with Crippen LogP contribution in [0.2, 0.25) is 0 Å². The van der Waals surface area contributed by atoms with E-state index in [2.05, 4.69) is 31.3 Å². The Morgan fingerprint density at radius 1 is 0.466 bits per heavy atom. The lowest BCUT2D eigenvalue weighted by Crippen LogP contribution is -2.45. The number of carbonyl (C=O) groups is 2. The van der Waals surface area contributed by atoms with Gasteiger partial charge in [0.15, 0.2) is 0 Å². The molecule has 0 aliphatic heterocycles. The van der Waals surface area contributed by atoms with Crippen molar-refractivity contribution in [1.82, 2.24) is 5.32 Å². The van der Waals surface area contributed by atoms with Crippen LogP contribution in [0.15, 0.2) is 24.3 Å². The maximum absolute atomic E-state index is 12.4. The fourth-order valence-corrected chi connectivity index (χ4v) is 7.74. The first-order valence-corrected chi connectivity index (χ1v) is 25.6. The summed E-state index contributed by atoms with van der Waals surface area (Å²) in [5.41, 5.74) is 0. The average Bonchev–Trinajstić information content (AvgIpc) is 3.22. The van der Waals surface area contributed by atoms with Gasteiger partial charge in [0.1, 0.15) is 0 Å². The van der Waals surface area contributed by atoms with E-state index in [1.165, 1.54) is 186 Å². The summed E-state index contributed by atoms with van der Waals surface area (Å²) in [7, 11) is 0. The van der Waals surface area contributed by atoms with E-state index in [9.17, 15) is 19.8 Å². The summed E-state index contributed by atoms with van der Waals surface area (Å²) in [4.78, 5) is 24.4. The van der Waals surface area contributed by atoms with E-state index < -0.39 is 12.1 Å². The van der Waals surface area contributed by atoms with Gasteiger partial charge in [0.05, 0.1) is 25.4 Å². The van der Waals surface area contributed by atoms with Gasteiger partial charge < -0.3 is 20.3 Å². The summed E-state index contributed by atoms with van der Waals surface area (Å²) in [6.07, 6.45) is 56.0. The first kappa shape index (κ1) is 56.3. The molecule has 6 heteroatoms. The number of amides is 1. The molecule has 0 saturated carbocycles. The second-order valence-corrected chi connectivity index (χ2v) is 17.5. The number of carbonyl (C=O) groups excluding carboxylic acids is 2. The van der Waals surface area contributed by atoms with Crippen molar-refractivity contribution >= 4 is 11.9 Å². The summed E-state index contributed by atoms with van der Waals surface area (Å²) < 4.78 is 5.45. The Morgan fingerprint density at radius 3 is 1.26 bits per heavy atom. The summed E-state index contributed by atoms with van der Waals surface area (Å²) in [5.74, 6) is -0.0877. The van der Waals surface area contributed by atoms with Crippen molar-refractivity contribution in [1.29, 1.82) is 0 Å². The highest BCUT2D eigenvalue weighted by atomic mass is 16.5. The third-order valence-corrected chi connectivity index (χ3v) is 11.7. The standard InChI is InChI=1S/C52H99NO5/c1-3-5-7-9-11-13-15-17-21-24-28-32-36-40-44-50(55)49(48-54)53-51(56)45-41-37-33-29-25-22-19-18-20-23-27-31-35-39-43-47-58-52(57)46-42-38-34-30-26-16-14-12-10-8-6-4-2/h12,14,40,44,49-50,54-55H,3-11,13,15-39,41-43,45-48H2,1-2H3,(H,53,56)/b14-12-,44-40+. The Morgan fingerprint density at radius 2 is 0.810 bits per heavy atom. The van der Waals surface area contributed by atoms with Gasteiger partial charge in [-0.3, -0.25) is 9.59 Å². The van der Waals surface area contributed by atoms with Gasteiger partial charge in [0.2, 0.25) is 5.91 Å². The maximum Gasteiger partial charge on any atom is 0.305 e. The van der Waals surface area contributed by atoms with Crippen LogP contribution < -0.4 is 5.32 Å². The number of nitrogens with one attached hydrogen (secondary N) is 1. The first-order chi connectivity index (χ1) is 28.5. The van der Waals surface area contributed by atoms with Crippen molar-refractivity contribution in [3.05, 3.63) is 24.3 Å². The van der Waals surface area contributed by atoms with E-state index in [0.717, 1.165) is 57.8 Å². The summed E-state index contributed by atoms with van der Waals surface area (Å²) >= 11 is 0. The number of hydrogen-bond acceptors (Lipinski definition) is 5. The van der Waals surface area contributed by atoms with Crippen LogP contribution in [0, 0.1) is 0 Å². The number of rotatable bonds is 47. The monoisotopic (exact) mass is 818 g/mol. The van der Waals surface area contributed by atoms with E-state index in [1.54, 1.807) is 6.08 Å². The van der Waals surface area contributed by atoms with Gasteiger partial charge in [0, 0.05) is 12.8 Å². The molecule has 0 bridgehead atoms. The normalized spacial score (nSPS) is 12.8. The van der Waals surface area contributed by atoms with Gasteiger partial charge >= 0.3 is 5.97 Å². The van der Waals surface area contributed by atoms with Crippen molar-refractivity contribution < 1.29 is 24.5 Å². The number of aliphatic hydroxyl groups is 2. The van der Waals surface area contributed by atoms with E-state index in [1.807, 2.05) is 6.08 Å². The molecule has 0 aromatic rings. The third-order valence-electron chi connectivity index (χ3n) is 11.7.